The monoisotopic (exact) mass is 332 g/mol. The third-order valence-electron chi connectivity index (χ3n) is 3.71. The first-order valence-electron chi connectivity index (χ1n) is 7.47. The van der Waals surface area contributed by atoms with Gasteiger partial charge in [-0.3, -0.25) is 19.7 Å². The second-order valence-electron chi connectivity index (χ2n) is 5.68. The van der Waals surface area contributed by atoms with Gasteiger partial charge in [-0.15, -0.1) is 0 Å². The molecule has 1 aromatic heterocycles. The number of anilines is 1. The first kappa shape index (κ1) is 17.4. The number of nitrogens with zero attached hydrogens (tertiary/aromatic N) is 3. The molecule has 5 nitrogen and oxygen atoms in total. The summed E-state index contributed by atoms with van der Waals surface area (Å²) in [6.45, 7) is 4.28. The topological polar surface area (TPSA) is 58.1 Å². The molecule has 6 heteroatoms. The van der Waals surface area contributed by atoms with Crippen LogP contribution in [0.2, 0.25) is 5.02 Å². The zero-order valence-corrected chi connectivity index (χ0v) is 14.3. The molecule has 0 bridgehead atoms. The highest BCUT2D eigenvalue weighted by atomic mass is 35.5. The Hall–Kier alpha value is -1.98. The van der Waals surface area contributed by atoms with Crippen LogP contribution in [0.25, 0.3) is 0 Å². The molecule has 1 aromatic carbocycles. The Labute approximate surface area is 141 Å². The van der Waals surface area contributed by atoms with Gasteiger partial charge in [0.25, 0.3) is 0 Å². The van der Waals surface area contributed by atoms with Gasteiger partial charge in [0.1, 0.15) is 0 Å². The van der Waals surface area contributed by atoms with Crippen molar-refractivity contribution in [2.75, 3.05) is 18.9 Å². The summed E-state index contributed by atoms with van der Waals surface area (Å²) in [6.07, 6.45) is 5.83. The van der Waals surface area contributed by atoms with Crippen molar-refractivity contribution in [2.45, 2.75) is 26.3 Å². The van der Waals surface area contributed by atoms with Crippen LogP contribution in [-0.4, -0.2) is 40.4 Å². The summed E-state index contributed by atoms with van der Waals surface area (Å²) >= 11 is 5.99. The molecule has 0 fully saturated rings. The maximum Gasteiger partial charge on any atom is 0.238 e. The Bertz CT molecular complexity index is 663. The molecule has 0 aliphatic carbocycles. The Morgan fingerprint density at radius 1 is 1.39 bits per heavy atom. The van der Waals surface area contributed by atoms with E-state index in [2.05, 4.69) is 22.2 Å². The first-order chi connectivity index (χ1) is 11.0. The van der Waals surface area contributed by atoms with E-state index in [0.29, 0.717) is 11.6 Å². The molecule has 122 valence electrons. The van der Waals surface area contributed by atoms with Gasteiger partial charge in [0, 0.05) is 41.8 Å². The summed E-state index contributed by atoms with van der Waals surface area (Å²) in [6, 6.07) is 5.64. The molecule has 1 heterocycles. The summed E-state index contributed by atoms with van der Waals surface area (Å²) in [5.74, 6) is -0.0554. The molecule has 0 spiro atoms. The van der Waals surface area contributed by atoms with Gasteiger partial charge in [0.15, 0.2) is 0 Å². The number of aromatic nitrogens is 2. The lowest BCUT2D eigenvalue weighted by atomic mass is 10.1. The summed E-state index contributed by atoms with van der Waals surface area (Å²) in [5.41, 5.74) is 2.61. The van der Waals surface area contributed by atoms with Crippen molar-refractivity contribution in [1.29, 1.82) is 0 Å². The largest absolute Gasteiger partial charge is 0.325 e. The molecule has 1 N–H and O–H groups in total. The number of hydrogen-bond acceptors (Lipinski definition) is 4. The predicted molar refractivity (Wildman–Crippen MR) is 92.6 cm³/mol. The van der Waals surface area contributed by atoms with E-state index in [4.69, 9.17) is 11.6 Å². The normalized spacial score (nSPS) is 12.2. The summed E-state index contributed by atoms with van der Waals surface area (Å²) in [4.78, 5) is 22.5. The van der Waals surface area contributed by atoms with Crippen molar-refractivity contribution in [3.8, 4) is 0 Å². The Balaban J connectivity index is 1.87. The Morgan fingerprint density at radius 2 is 2.17 bits per heavy atom. The molecular weight excluding hydrogens is 312 g/mol. The molecule has 0 radical (unpaired) electrons. The van der Waals surface area contributed by atoms with Gasteiger partial charge in [-0.2, -0.15) is 0 Å². The lowest BCUT2D eigenvalue weighted by molar-refractivity contribution is -0.117. The second-order valence-corrected chi connectivity index (χ2v) is 6.08. The van der Waals surface area contributed by atoms with E-state index < -0.39 is 0 Å². The zero-order valence-electron chi connectivity index (χ0n) is 13.6. The number of halogens is 1. The third-order valence-corrected chi connectivity index (χ3v) is 4.13. The minimum Gasteiger partial charge on any atom is -0.325 e. The highest BCUT2D eigenvalue weighted by molar-refractivity contribution is 6.31. The van der Waals surface area contributed by atoms with Crippen molar-refractivity contribution >= 4 is 23.2 Å². The lowest BCUT2D eigenvalue weighted by Gasteiger charge is -2.23. The standard InChI is InChI=1S/C17H21ClN4O/c1-12-8-14(4-5-16(12)18)21-17(23)11-22(3)13(2)9-15-10-19-6-7-20-15/h4-8,10,13H,9,11H2,1-3H3,(H,21,23)/t13-/m0/s1. The minimum absolute atomic E-state index is 0.0554. The fourth-order valence-electron chi connectivity index (χ4n) is 2.20. The summed E-state index contributed by atoms with van der Waals surface area (Å²) in [7, 11) is 1.92. The zero-order chi connectivity index (χ0) is 16.8. The number of carbonyl (C=O) groups excluding carboxylic acids is 1. The van der Waals surface area contributed by atoms with E-state index in [1.54, 1.807) is 30.7 Å². The average molecular weight is 333 g/mol. The van der Waals surface area contributed by atoms with Crippen LogP contribution in [0.5, 0.6) is 0 Å². The summed E-state index contributed by atoms with van der Waals surface area (Å²) in [5, 5.41) is 3.58. The second kappa shape index (κ2) is 8.04. The van der Waals surface area contributed by atoms with Crippen LogP contribution in [-0.2, 0) is 11.2 Å². The van der Waals surface area contributed by atoms with E-state index in [1.165, 1.54) is 0 Å². The molecule has 1 atom stereocenters. The van der Waals surface area contributed by atoms with E-state index in [-0.39, 0.29) is 11.9 Å². The number of aryl methyl sites for hydroxylation is 1. The van der Waals surface area contributed by atoms with Crippen LogP contribution in [0.3, 0.4) is 0 Å². The molecule has 0 aliphatic heterocycles. The molecule has 0 saturated carbocycles. The number of rotatable bonds is 6. The first-order valence-corrected chi connectivity index (χ1v) is 7.84. The van der Waals surface area contributed by atoms with Gasteiger partial charge in [0.05, 0.1) is 12.2 Å². The quantitative estimate of drug-likeness (QED) is 0.883. The van der Waals surface area contributed by atoms with Crippen LogP contribution in [0, 0.1) is 6.92 Å². The highest BCUT2D eigenvalue weighted by Crippen LogP contribution is 2.19. The maximum absolute atomic E-state index is 12.2. The van der Waals surface area contributed by atoms with Crippen LogP contribution >= 0.6 is 11.6 Å². The molecule has 0 aliphatic rings. The SMILES string of the molecule is Cc1cc(NC(=O)CN(C)[C@@H](C)Cc2cnccn2)ccc1Cl. The fraction of sp³-hybridized carbons (Fsp3) is 0.353. The molecule has 2 rings (SSSR count). The van der Waals surface area contributed by atoms with E-state index in [1.807, 2.05) is 24.9 Å². The van der Waals surface area contributed by atoms with Crippen molar-refractivity contribution in [3.63, 3.8) is 0 Å². The Morgan fingerprint density at radius 3 is 2.83 bits per heavy atom. The van der Waals surface area contributed by atoms with Crippen molar-refractivity contribution in [2.24, 2.45) is 0 Å². The lowest BCUT2D eigenvalue weighted by Crippen LogP contribution is -2.37. The van der Waals surface area contributed by atoms with Crippen molar-refractivity contribution in [3.05, 3.63) is 53.1 Å². The van der Waals surface area contributed by atoms with E-state index in [0.717, 1.165) is 23.4 Å². The molecule has 23 heavy (non-hydrogen) atoms. The van der Waals surface area contributed by atoms with E-state index >= 15 is 0 Å². The van der Waals surface area contributed by atoms with Gasteiger partial charge in [-0.25, -0.2) is 0 Å². The number of amides is 1. The number of carbonyl (C=O) groups is 1. The number of hydrogen-bond donors (Lipinski definition) is 1. The molecule has 0 unspecified atom stereocenters. The third kappa shape index (κ3) is 5.30. The number of benzene rings is 1. The number of likely N-dealkylation sites (N-methyl/N-ethyl adjacent to an activating group) is 1. The summed E-state index contributed by atoms with van der Waals surface area (Å²) < 4.78 is 0. The van der Waals surface area contributed by atoms with Gasteiger partial charge < -0.3 is 5.32 Å². The minimum atomic E-state index is -0.0554. The molecule has 2 aromatic rings. The smallest absolute Gasteiger partial charge is 0.238 e. The van der Waals surface area contributed by atoms with Crippen LogP contribution in [0.4, 0.5) is 5.69 Å². The van der Waals surface area contributed by atoms with Crippen molar-refractivity contribution < 1.29 is 4.79 Å². The van der Waals surface area contributed by atoms with Gasteiger partial charge >= 0.3 is 0 Å². The van der Waals surface area contributed by atoms with Gasteiger partial charge in [0.2, 0.25) is 5.91 Å². The van der Waals surface area contributed by atoms with E-state index in [9.17, 15) is 4.79 Å². The van der Waals surface area contributed by atoms with Gasteiger partial charge in [-0.1, -0.05) is 11.6 Å². The number of nitrogens with one attached hydrogen (secondary N) is 1. The molecular formula is C17H21ClN4O. The Kier molecular flexibility index (Phi) is 6.07. The molecule has 1 amide bonds. The molecule has 0 saturated heterocycles. The van der Waals surface area contributed by atoms with Gasteiger partial charge in [-0.05, 0) is 44.7 Å². The van der Waals surface area contributed by atoms with Crippen LogP contribution in [0.15, 0.2) is 36.8 Å². The predicted octanol–water partition coefficient (Wildman–Crippen LogP) is 2.94. The highest BCUT2D eigenvalue weighted by Gasteiger charge is 2.14. The fourth-order valence-corrected chi connectivity index (χ4v) is 2.32. The average Bonchev–Trinajstić information content (AvgIpc) is 2.51. The maximum atomic E-state index is 12.2. The van der Waals surface area contributed by atoms with Crippen molar-refractivity contribution in [1.82, 2.24) is 14.9 Å². The van der Waals surface area contributed by atoms with Crippen LogP contribution < -0.4 is 5.32 Å². The van der Waals surface area contributed by atoms with Crippen LogP contribution in [0.1, 0.15) is 18.2 Å².